The fourth-order valence-electron chi connectivity index (χ4n) is 2.82. The summed E-state index contributed by atoms with van der Waals surface area (Å²) >= 11 is 1.43. The molecule has 1 aliphatic heterocycles. The summed E-state index contributed by atoms with van der Waals surface area (Å²) in [7, 11) is 0. The molecule has 20 heavy (non-hydrogen) atoms. The van der Waals surface area contributed by atoms with Crippen molar-refractivity contribution in [1.82, 2.24) is 4.98 Å². The molecule has 3 rings (SSSR count). The fraction of sp³-hybridized carbons (Fsp3) is 0.462. The molecule has 0 saturated carbocycles. The molecular formula is C13H16N4O2S. The topological polar surface area (TPSA) is 85.3 Å². The quantitative estimate of drug-likeness (QED) is 0.693. The second-order valence-electron chi connectivity index (χ2n) is 5.08. The van der Waals surface area contributed by atoms with Gasteiger partial charge in [0.25, 0.3) is 0 Å². The normalized spacial score (nSPS) is 19.4. The van der Waals surface area contributed by atoms with Crippen molar-refractivity contribution < 1.29 is 4.92 Å². The van der Waals surface area contributed by atoms with Gasteiger partial charge >= 0.3 is 5.69 Å². The molecule has 2 heterocycles. The van der Waals surface area contributed by atoms with Crippen molar-refractivity contribution in [2.45, 2.75) is 12.8 Å². The lowest BCUT2D eigenvalue weighted by molar-refractivity contribution is -0.382. The number of nitro benzene ring substituents is 1. The van der Waals surface area contributed by atoms with E-state index in [0.29, 0.717) is 23.7 Å². The van der Waals surface area contributed by atoms with Crippen LogP contribution in [0.3, 0.4) is 0 Å². The summed E-state index contributed by atoms with van der Waals surface area (Å²) in [6.07, 6.45) is 2.12. The predicted octanol–water partition coefficient (Wildman–Crippen LogP) is 2.38. The summed E-state index contributed by atoms with van der Waals surface area (Å²) in [6.45, 7) is 2.25. The van der Waals surface area contributed by atoms with Crippen LogP contribution in [-0.2, 0) is 0 Å². The van der Waals surface area contributed by atoms with Gasteiger partial charge in [0, 0.05) is 13.1 Å². The lowest BCUT2D eigenvalue weighted by Gasteiger charge is -2.33. The van der Waals surface area contributed by atoms with Crippen molar-refractivity contribution in [2.75, 3.05) is 24.5 Å². The average molecular weight is 292 g/mol. The Hall–Kier alpha value is -1.73. The Kier molecular flexibility index (Phi) is 3.54. The third-order valence-electron chi connectivity index (χ3n) is 3.83. The van der Waals surface area contributed by atoms with Gasteiger partial charge in [0.05, 0.1) is 15.1 Å². The number of fused-ring (bicyclic) bond motifs is 1. The zero-order chi connectivity index (χ0) is 14.1. The molecule has 1 aromatic carbocycles. The van der Waals surface area contributed by atoms with E-state index in [1.807, 2.05) is 12.1 Å². The molecule has 1 saturated heterocycles. The van der Waals surface area contributed by atoms with Crippen molar-refractivity contribution in [3.63, 3.8) is 0 Å². The van der Waals surface area contributed by atoms with Crippen LogP contribution >= 0.6 is 11.3 Å². The lowest BCUT2D eigenvalue weighted by atomic mass is 9.97. The highest BCUT2D eigenvalue weighted by Gasteiger charge is 2.27. The van der Waals surface area contributed by atoms with Gasteiger partial charge in [0.1, 0.15) is 5.69 Å². The molecule has 1 atom stereocenters. The van der Waals surface area contributed by atoms with Crippen LogP contribution in [0.15, 0.2) is 17.6 Å². The number of hydrogen-bond donors (Lipinski definition) is 1. The standard InChI is InChI=1S/C13H16N4O2S/c14-6-9-2-1-5-16(7-9)10-3-4-11-12(15-8-20-11)13(10)17(18)19/h3-4,8-9H,1-2,5-7,14H2. The summed E-state index contributed by atoms with van der Waals surface area (Å²) in [6, 6.07) is 3.76. The molecule has 6 nitrogen and oxygen atoms in total. The Morgan fingerprint density at radius 2 is 2.40 bits per heavy atom. The second kappa shape index (κ2) is 5.34. The summed E-state index contributed by atoms with van der Waals surface area (Å²) < 4.78 is 0.854. The SMILES string of the molecule is NCC1CCCN(c2ccc3scnc3c2[N+](=O)[O-])C1. The Labute approximate surface area is 120 Å². The number of thiazole rings is 1. The molecule has 0 amide bonds. The van der Waals surface area contributed by atoms with Crippen molar-refractivity contribution >= 4 is 32.9 Å². The van der Waals surface area contributed by atoms with Crippen molar-refractivity contribution in [3.05, 3.63) is 27.8 Å². The fourth-order valence-corrected chi connectivity index (χ4v) is 3.50. The average Bonchev–Trinajstić information content (AvgIpc) is 2.94. The Morgan fingerprint density at radius 1 is 1.55 bits per heavy atom. The van der Waals surface area contributed by atoms with E-state index in [4.69, 9.17) is 5.73 Å². The van der Waals surface area contributed by atoms with Gasteiger partial charge in [-0.3, -0.25) is 10.1 Å². The molecule has 2 N–H and O–H groups in total. The largest absolute Gasteiger partial charge is 0.366 e. The van der Waals surface area contributed by atoms with Crippen LogP contribution in [0.4, 0.5) is 11.4 Å². The van der Waals surface area contributed by atoms with Crippen LogP contribution in [0, 0.1) is 16.0 Å². The monoisotopic (exact) mass is 292 g/mol. The first kappa shape index (κ1) is 13.3. The third kappa shape index (κ3) is 2.23. The Bertz CT molecular complexity index is 642. The van der Waals surface area contributed by atoms with Crippen molar-refractivity contribution in [3.8, 4) is 0 Å². The predicted molar refractivity (Wildman–Crippen MR) is 80.3 cm³/mol. The van der Waals surface area contributed by atoms with E-state index in [-0.39, 0.29) is 10.6 Å². The number of nitrogens with zero attached hydrogens (tertiary/aromatic N) is 3. The summed E-state index contributed by atoms with van der Waals surface area (Å²) in [5.41, 5.74) is 8.69. The maximum atomic E-state index is 11.4. The first-order chi connectivity index (χ1) is 9.70. The molecule has 0 aliphatic carbocycles. The summed E-state index contributed by atoms with van der Waals surface area (Å²) in [5.74, 6) is 0.412. The highest BCUT2D eigenvalue weighted by Crippen LogP contribution is 2.38. The van der Waals surface area contributed by atoms with E-state index in [1.165, 1.54) is 11.3 Å². The number of benzene rings is 1. The van der Waals surface area contributed by atoms with Gasteiger partial charge in [-0.05, 0) is 37.4 Å². The van der Waals surface area contributed by atoms with E-state index in [0.717, 1.165) is 30.6 Å². The van der Waals surface area contributed by atoms with E-state index in [9.17, 15) is 10.1 Å². The Morgan fingerprint density at radius 3 is 3.15 bits per heavy atom. The molecule has 0 bridgehead atoms. The molecule has 0 spiro atoms. The van der Waals surface area contributed by atoms with Crippen LogP contribution in [0.5, 0.6) is 0 Å². The highest BCUT2D eigenvalue weighted by atomic mass is 32.1. The molecule has 1 unspecified atom stereocenters. The number of nitro groups is 1. The van der Waals surface area contributed by atoms with E-state index in [1.54, 1.807) is 5.51 Å². The summed E-state index contributed by atoms with van der Waals surface area (Å²) in [4.78, 5) is 17.4. The number of piperidine rings is 1. The van der Waals surface area contributed by atoms with Gasteiger partial charge in [-0.1, -0.05) is 0 Å². The summed E-state index contributed by atoms with van der Waals surface area (Å²) in [5, 5.41) is 11.4. The van der Waals surface area contributed by atoms with Gasteiger partial charge in [0.2, 0.25) is 0 Å². The number of nitrogens with two attached hydrogens (primary N) is 1. The van der Waals surface area contributed by atoms with Gasteiger partial charge in [0.15, 0.2) is 5.52 Å². The zero-order valence-corrected chi connectivity index (χ0v) is 11.8. The van der Waals surface area contributed by atoms with Crippen LogP contribution in [0.1, 0.15) is 12.8 Å². The molecule has 1 aliphatic rings. The third-order valence-corrected chi connectivity index (χ3v) is 4.62. The van der Waals surface area contributed by atoms with E-state index in [2.05, 4.69) is 9.88 Å². The van der Waals surface area contributed by atoms with Crippen molar-refractivity contribution in [1.29, 1.82) is 0 Å². The first-order valence-electron chi connectivity index (χ1n) is 6.66. The van der Waals surface area contributed by atoms with Gasteiger partial charge < -0.3 is 10.6 Å². The number of rotatable bonds is 3. The first-order valence-corrected chi connectivity index (χ1v) is 7.54. The minimum Gasteiger partial charge on any atom is -0.366 e. The van der Waals surface area contributed by atoms with Gasteiger partial charge in [-0.25, -0.2) is 4.98 Å². The van der Waals surface area contributed by atoms with Crippen LogP contribution < -0.4 is 10.6 Å². The minimum atomic E-state index is -0.316. The molecule has 7 heteroatoms. The van der Waals surface area contributed by atoms with E-state index >= 15 is 0 Å². The van der Waals surface area contributed by atoms with Crippen LogP contribution in [-0.4, -0.2) is 29.5 Å². The molecular weight excluding hydrogens is 276 g/mol. The highest BCUT2D eigenvalue weighted by molar-refractivity contribution is 7.16. The van der Waals surface area contributed by atoms with Crippen molar-refractivity contribution in [2.24, 2.45) is 11.7 Å². The maximum Gasteiger partial charge on any atom is 0.319 e. The lowest BCUT2D eigenvalue weighted by Crippen LogP contribution is -2.38. The maximum absolute atomic E-state index is 11.4. The zero-order valence-electron chi connectivity index (χ0n) is 11.0. The van der Waals surface area contributed by atoms with Crippen LogP contribution in [0.2, 0.25) is 0 Å². The second-order valence-corrected chi connectivity index (χ2v) is 5.97. The molecule has 106 valence electrons. The van der Waals surface area contributed by atoms with Gasteiger partial charge in [-0.2, -0.15) is 0 Å². The Balaban J connectivity index is 2.06. The molecule has 0 radical (unpaired) electrons. The number of anilines is 1. The number of hydrogen-bond acceptors (Lipinski definition) is 6. The molecule has 1 fully saturated rings. The van der Waals surface area contributed by atoms with Crippen LogP contribution in [0.25, 0.3) is 10.2 Å². The van der Waals surface area contributed by atoms with Gasteiger partial charge in [-0.15, -0.1) is 11.3 Å². The molecule has 2 aromatic rings. The smallest absolute Gasteiger partial charge is 0.319 e. The molecule has 1 aromatic heterocycles. The number of aromatic nitrogens is 1. The van der Waals surface area contributed by atoms with E-state index < -0.39 is 0 Å². The minimum absolute atomic E-state index is 0.126.